The summed E-state index contributed by atoms with van der Waals surface area (Å²) in [4.78, 5) is 0. The lowest BCUT2D eigenvalue weighted by Gasteiger charge is -2.17. The van der Waals surface area contributed by atoms with E-state index >= 15 is 0 Å². The van der Waals surface area contributed by atoms with E-state index in [0.29, 0.717) is 0 Å². The van der Waals surface area contributed by atoms with Crippen molar-refractivity contribution in [3.05, 3.63) is 0 Å². The summed E-state index contributed by atoms with van der Waals surface area (Å²) in [5.41, 5.74) is 0. The minimum atomic E-state index is -5.59. The van der Waals surface area contributed by atoms with Crippen LogP contribution in [0.2, 0.25) is 0 Å². The van der Waals surface area contributed by atoms with Crippen molar-refractivity contribution >= 4 is 42.7 Å². The van der Waals surface area contributed by atoms with E-state index in [1.807, 2.05) is 0 Å². The molecule has 0 radical (unpaired) electrons. The fourth-order valence-corrected chi connectivity index (χ4v) is 4.31. The van der Waals surface area contributed by atoms with Crippen molar-refractivity contribution in [2.24, 2.45) is 0 Å². The van der Waals surface area contributed by atoms with E-state index in [4.69, 9.17) is 9.11 Å². The maximum absolute atomic E-state index is 11.1. The summed E-state index contributed by atoms with van der Waals surface area (Å²) in [5.74, 6) is 0. The molecule has 0 rings (SSSR count). The van der Waals surface area contributed by atoms with Crippen molar-refractivity contribution in [1.29, 1.82) is 0 Å². The highest BCUT2D eigenvalue weighted by Crippen LogP contribution is 2.17. The summed E-state index contributed by atoms with van der Waals surface area (Å²) in [7, 11) is -15.5. The third kappa shape index (κ3) is 6.81. The Bertz CT molecular complexity index is 553. The fraction of sp³-hybridized carbons (Fsp3) is 1.00. The van der Waals surface area contributed by atoms with Crippen LogP contribution in [0.1, 0.15) is 13.8 Å². The summed E-state index contributed by atoms with van der Waals surface area (Å²) in [5, 5.41) is -1.25. The number of hydrogen-bond acceptors (Lipinski definition) is 9. The number of rotatable bonds is 7. The molecule has 18 heavy (non-hydrogen) atoms. The van der Waals surface area contributed by atoms with Crippen molar-refractivity contribution in [3.63, 3.8) is 0 Å². The highest BCUT2D eigenvalue weighted by atomic mass is 32.4. The summed E-state index contributed by atoms with van der Waals surface area (Å²) >= 11 is -3.35. The highest BCUT2D eigenvalue weighted by molar-refractivity contribution is 8.06. The zero-order valence-electron chi connectivity index (χ0n) is 8.82. The van der Waals surface area contributed by atoms with Gasteiger partial charge in [-0.25, -0.2) is 4.21 Å². The lowest BCUT2D eigenvalue weighted by atomic mass is 10.6. The molecule has 112 valence electrons. The molecule has 0 fully saturated rings. The molecular weight excluding hydrogens is 340 g/mol. The van der Waals surface area contributed by atoms with E-state index in [1.165, 1.54) is 0 Å². The third-order valence-electron chi connectivity index (χ3n) is 1.10. The van der Waals surface area contributed by atoms with Crippen LogP contribution in [0.4, 0.5) is 0 Å². The van der Waals surface area contributed by atoms with Gasteiger partial charge in [0.1, 0.15) is 0 Å². The van der Waals surface area contributed by atoms with Gasteiger partial charge >= 0.3 is 21.8 Å². The predicted molar refractivity (Wildman–Crippen MR) is 59.2 cm³/mol. The van der Waals surface area contributed by atoms with Gasteiger partial charge < -0.3 is 0 Å². The van der Waals surface area contributed by atoms with Crippen LogP contribution in [0.15, 0.2) is 0 Å². The maximum atomic E-state index is 11.1. The van der Waals surface area contributed by atoms with Gasteiger partial charge in [-0.15, -0.1) is 10.9 Å². The zero-order valence-corrected chi connectivity index (χ0v) is 12.2. The second kappa shape index (κ2) is 5.97. The molecule has 0 heterocycles. The minimum Gasteiger partial charge on any atom is -0.289 e. The van der Waals surface area contributed by atoms with Gasteiger partial charge in [-0.1, -0.05) is 0 Å². The van der Waals surface area contributed by atoms with Gasteiger partial charge in [-0.3, -0.25) is 9.11 Å². The summed E-state index contributed by atoms with van der Waals surface area (Å²) in [6, 6.07) is 0. The molecule has 0 bridgehead atoms. The van der Waals surface area contributed by atoms with Crippen molar-refractivity contribution in [1.82, 2.24) is 0 Å². The standard InChI is InChI=1S/C3H10O11S4/c1-3(2)16(6,7)13-18(10,11)14-17(8,9)12-15(4)5/h3,18H,1-2H3,(H,4,5)(H,10,11). The van der Waals surface area contributed by atoms with Crippen molar-refractivity contribution in [2.45, 2.75) is 19.1 Å². The van der Waals surface area contributed by atoms with E-state index < -0.39 is 47.9 Å². The molecule has 0 amide bonds. The second-order valence-corrected chi connectivity index (χ2v) is 8.71. The lowest BCUT2D eigenvalue weighted by Crippen LogP contribution is -2.30. The topological polar surface area (TPSA) is 171 Å². The summed E-state index contributed by atoms with van der Waals surface area (Å²) in [6.07, 6.45) is 0. The van der Waals surface area contributed by atoms with E-state index in [0.717, 1.165) is 13.8 Å². The Labute approximate surface area is 107 Å². The van der Waals surface area contributed by atoms with Crippen LogP contribution in [0.25, 0.3) is 0 Å². The first-order chi connectivity index (χ1) is 7.77. The maximum Gasteiger partial charge on any atom is 0.429 e. The van der Waals surface area contributed by atoms with E-state index in [1.54, 1.807) is 0 Å². The highest BCUT2D eigenvalue weighted by Gasteiger charge is 2.32. The van der Waals surface area contributed by atoms with Gasteiger partial charge in [0.2, 0.25) is 10.8 Å². The SMILES string of the molecule is CC(C)S(=O)(=O)O[SH](=O)(O)OS(=O)(=O)OS(=O)O. The Morgan fingerprint density at radius 3 is 1.94 bits per heavy atom. The third-order valence-corrected chi connectivity index (χ3v) is 6.46. The fourth-order valence-electron chi connectivity index (χ4n) is 0.429. The van der Waals surface area contributed by atoms with Crippen LogP contribution >= 0.6 is 0 Å². The average molecular weight is 350 g/mol. The number of hydrogen-bond donors (Lipinski definition) is 3. The average Bonchev–Trinajstić information content (AvgIpc) is 1.94. The molecule has 0 aromatic heterocycles. The first-order valence-electron chi connectivity index (χ1n) is 3.82. The molecule has 0 aromatic rings. The molecule has 2 N–H and O–H groups in total. The largest absolute Gasteiger partial charge is 0.429 e. The summed E-state index contributed by atoms with van der Waals surface area (Å²) < 4.78 is 91.7. The van der Waals surface area contributed by atoms with Crippen molar-refractivity contribution < 1.29 is 45.2 Å². The smallest absolute Gasteiger partial charge is 0.289 e. The molecule has 0 saturated carbocycles. The molecule has 0 aromatic carbocycles. The minimum absolute atomic E-state index is 1.09. The van der Waals surface area contributed by atoms with E-state index in [-0.39, 0.29) is 0 Å². The molecular formula is C3H10O11S4. The van der Waals surface area contributed by atoms with Crippen LogP contribution in [-0.2, 0) is 53.5 Å². The molecule has 1 unspecified atom stereocenters. The van der Waals surface area contributed by atoms with E-state index in [2.05, 4.69) is 10.9 Å². The monoisotopic (exact) mass is 350 g/mol. The van der Waals surface area contributed by atoms with Crippen LogP contribution < -0.4 is 0 Å². The van der Waals surface area contributed by atoms with Gasteiger partial charge in [0.25, 0.3) is 10.1 Å². The quantitative estimate of drug-likeness (QED) is 0.359. The van der Waals surface area contributed by atoms with Crippen molar-refractivity contribution in [2.75, 3.05) is 0 Å². The first-order valence-corrected chi connectivity index (χ1v) is 9.15. The Kier molecular flexibility index (Phi) is 5.97. The number of thiol groups is 1. The van der Waals surface area contributed by atoms with Crippen molar-refractivity contribution in [3.8, 4) is 0 Å². The van der Waals surface area contributed by atoms with Gasteiger partial charge in [0.15, 0.2) is 0 Å². The van der Waals surface area contributed by atoms with Gasteiger partial charge in [0.05, 0.1) is 5.25 Å². The van der Waals surface area contributed by atoms with Crippen LogP contribution in [-0.4, -0.2) is 39.6 Å². The van der Waals surface area contributed by atoms with E-state index in [9.17, 15) is 25.3 Å². The Morgan fingerprint density at radius 1 is 1.17 bits per heavy atom. The van der Waals surface area contributed by atoms with Crippen LogP contribution in [0.5, 0.6) is 0 Å². The van der Waals surface area contributed by atoms with Crippen LogP contribution in [0.3, 0.4) is 0 Å². The Hall–Kier alpha value is -0.000000000000000215. The van der Waals surface area contributed by atoms with Gasteiger partial charge in [0, 0.05) is 0 Å². The van der Waals surface area contributed by atoms with Crippen LogP contribution in [0, 0.1) is 0 Å². The normalized spacial score (nSPS) is 16.7. The zero-order chi connectivity index (χ0) is 14.8. The second-order valence-electron chi connectivity index (χ2n) is 2.85. The molecule has 0 spiro atoms. The summed E-state index contributed by atoms with van der Waals surface area (Å²) in [6.45, 7) is 2.17. The lowest BCUT2D eigenvalue weighted by molar-refractivity contribution is 0.313. The Morgan fingerprint density at radius 2 is 1.61 bits per heavy atom. The molecule has 11 nitrogen and oxygen atoms in total. The predicted octanol–water partition coefficient (Wildman–Crippen LogP) is -1.52. The molecule has 1 atom stereocenters. The molecule has 0 aliphatic heterocycles. The van der Waals surface area contributed by atoms with Gasteiger partial charge in [-0.05, 0) is 13.8 Å². The molecule has 0 aliphatic carbocycles. The molecule has 0 saturated heterocycles. The Balaban J connectivity index is 5.00. The molecule has 15 heteroatoms. The van der Waals surface area contributed by atoms with Gasteiger partial charge in [-0.2, -0.15) is 21.0 Å². The first kappa shape index (κ1) is 18.0. The molecule has 0 aliphatic rings.